The molecule has 2 aliphatic rings. The van der Waals surface area contributed by atoms with Crippen LogP contribution in [0.25, 0.3) is 0 Å². The van der Waals surface area contributed by atoms with E-state index in [0.29, 0.717) is 23.9 Å². The van der Waals surface area contributed by atoms with Crippen molar-refractivity contribution in [1.82, 2.24) is 20.8 Å². The van der Waals surface area contributed by atoms with Crippen LogP contribution in [0.5, 0.6) is 0 Å². The summed E-state index contributed by atoms with van der Waals surface area (Å²) in [7, 11) is 0. The molecule has 2 unspecified atom stereocenters. The Bertz CT molecular complexity index is 408. The summed E-state index contributed by atoms with van der Waals surface area (Å²) in [6, 6.07) is 2.92. The van der Waals surface area contributed by atoms with Crippen molar-refractivity contribution in [2.75, 3.05) is 11.9 Å². The van der Waals surface area contributed by atoms with Crippen molar-refractivity contribution in [3.63, 3.8) is 0 Å². The highest BCUT2D eigenvalue weighted by Gasteiger charge is 2.30. The minimum absolute atomic E-state index is 0.484. The van der Waals surface area contributed by atoms with E-state index in [4.69, 9.17) is 0 Å². The Morgan fingerprint density at radius 1 is 1.28 bits per heavy atom. The van der Waals surface area contributed by atoms with Gasteiger partial charge in [-0.1, -0.05) is 0 Å². The molecule has 0 radical (unpaired) electrons. The first kappa shape index (κ1) is 11.9. The fourth-order valence-electron chi connectivity index (χ4n) is 2.50. The van der Waals surface area contributed by atoms with Gasteiger partial charge < -0.3 is 5.32 Å². The van der Waals surface area contributed by atoms with Crippen LogP contribution in [0.4, 0.5) is 5.82 Å². The number of hydrazine groups is 1. The zero-order valence-corrected chi connectivity index (χ0v) is 11.0. The Kier molecular flexibility index (Phi) is 3.18. The summed E-state index contributed by atoms with van der Waals surface area (Å²) in [6.07, 6.45) is 4.35. The van der Waals surface area contributed by atoms with Crippen LogP contribution < -0.4 is 16.2 Å². The lowest BCUT2D eigenvalue weighted by atomic mass is 9.97. The van der Waals surface area contributed by atoms with E-state index >= 15 is 0 Å². The molecule has 18 heavy (non-hydrogen) atoms. The van der Waals surface area contributed by atoms with Gasteiger partial charge in [0, 0.05) is 36.7 Å². The molecule has 1 aromatic heterocycles. The van der Waals surface area contributed by atoms with Gasteiger partial charge in [0.25, 0.3) is 0 Å². The van der Waals surface area contributed by atoms with Crippen LogP contribution in [-0.4, -0.2) is 28.6 Å². The lowest BCUT2D eigenvalue weighted by Gasteiger charge is -2.18. The third-order valence-electron chi connectivity index (χ3n) is 3.96. The molecule has 1 aliphatic heterocycles. The van der Waals surface area contributed by atoms with Gasteiger partial charge in [0.2, 0.25) is 0 Å². The minimum atomic E-state index is 0.484. The van der Waals surface area contributed by atoms with Gasteiger partial charge in [-0.3, -0.25) is 10.9 Å². The lowest BCUT2D eigenvalue weighted by molar-refractivity contribution is 0.466. The number of rotatable bonds is 4. The van der Waals surface area contributed by atoms with E-state index in [0.717, 1.165) is 18.2 Å². The monoisotopic (exact) mass is 247 g/mol. The Balaban J connectivity index is 1.60. The summed E-state index contributed by atoms with van der Waals surface area (Å²) >= 11 is 0. The van der Waals surface area contributed by atoms with Crippen LogP contribution in [0.15, 0.2) is 12.3 Å². The number of anilines is 1. The van der Waals surface area contributed by atoms with Gasteiger partial charge in [-0.15, -0.1) is 0 Å². The largest absolute Gasteiger partial charge is 0.370 e. The third-order valence-corrected chi connectivity index (χ3v) is 3.96. The number of aromatic nitrogens is 2. The molecule has 1 aliphatic carbocycles. The molecule has 2 atom stereocenters. The average Bonchev–Trinajstić information content (AvgIpc) is 3.17. The van der Waals surface area contributed by atoms with Crippen molar-refractivity contribution in [3.05, 3.63) is 18.1 Å². The van der Waals surface area contributed by atoms with Gasteiger partial charge in [0.15, 0.2) is 0 Å². The Hall–Kier alpha value is -1.20. The molecule has 0 bridgehead atoms. The van der Waals surface area contributed by atoms with Gasteiger partial charge in [-0.2, -0.15) is 0 Å². The molecule has 5 heteroatoms. The maximum atomic E-state index is 4.58. The highest BCUT2D eigenvalue weighted by Crippen LogP contribution is 2.38. The van der Waals surface area contributed by atoms with Gasteiger partial charge in [-0.25, -0.2) is 9.97 Å². The van der Waals surface area contributed by atoms with Crippen molar-refractivity contribution in [2.45, 2.75) is 44.7 Å². The third kappa shape index (κ3) is 2.47. The first-order valence-corrected chi connectivity index (χ1v) is 6.82. The Morgan fingerprint density at radius 3 is 2.67 bits per heavy atom. The second kappa shape index (κ2) is 4.82. The fourth-order valence-corrected chi connectivity index (χ4v) is 2.50. The fraction of sp³-hybridized carbons (Fsp3) is 0.692. The molecule has 2 heterocycles. The van der Waals surface area contributed by atoms with Crippen LogP contribution in [0.3, 0.4) is 0 Å². The topological polar surface area (TPSA) is 61.9 Å². The van der Waals surface area contributed by atoms with Crippen LogP contribution >= 0.6 is 0 Å². The number of hydrogen-bond donors (Lipinski definition) is 3. The van der Waals surface area contributed by atoms with E-state index in [9.17, 15) is 0 Å². The first-order chi connectivity index (χ1) is 8.74. The molecule has 5 nitrogen and oxygen atoms in total. The van der Waals surface area contributed by atoms with Gasteiger partial charge in [-0.05, 0) is 32.8 Å². The van der Waals surface area contributed by atoms with Gasteiger partial charge in [0.1, 0.15) is 11.6 Å². The maximum Gasteiger partial charge on any atom is 0.133 e. The molecule has 0 aromatic carbocycles. The molecule has 98 valence electrons. The van der Waals surface area contributed by atoms with Crippen molar-refractivity contribution in [1.29, 1.82) is 0 Å². The van der Waals surface area contributed by atoms with Crippen molar-refractivity contribution >= 4 is 5.82 Å². The van der Waals surface area contributed by atoms with Gasteiger partial charge in [0.05, 0.1) is 0 Å². The summed E-state index contributed by atoms with van der Waals surface area (Å²) in [6.45, 7) is 5.35. The van der Waals surface area contributed by atoms with Crippen molar-refractivity contribution < 1.29 is 0 Å². The van der Waals surface area contributed by atoms with Crippen molar-refractivity contribution in [3.8, 4) is 0 Å². The van der Waals surface area contributed by atoms with Crippen LogP contribution in [0.1, 0.15) is 38.4 Å². The molecular weight excluding hydrogens is 226 g/mol. The standard InChI is InChI=1S/C13H21N5/c1-8-11(9(2)18-17-8)7-15-12-5-6-14-13(16-12)10-3-4-10/h5-6,8-11,17-18H,3-4,7H2,1-2H3,(H,14,15,16). The molecule has 3 N–H and O–H groups in total. The maximum absolute atomic E-state index is 4.58. The molecule has 1 saturated carbocycles. The van der Waals surface area contributed by atoms with Crippen molar-refractivity contribution in [2.24, 2.45) is 5.92 Å². The van der Waals surface area contributed by atoms with Crippen LogP contribution in [-0.2, 0) is 0 Å². The normalized spacial score (nSPS) is 31.6. The highest BCUT2D eigenvalue weighted by molar-refractivity contribution is 5.34. The number of nitrogens with zero attached hydrogens (tertiary/aromatic N) is 2. The second-order valence-electron chi connectivity index (χ2n) is 5.49. The second-order valence-corrected chi connectivity index (χ2v) is 5.49. The predicted octanol–water partition coefficient (Wildman–Crippen LogP) is 1.27. The van der Waals surface area contributed by atoms with E-state index in [2.05, 4.69) is 40.0 Å². The summed E-state index contributed by atoms with van der Waals surface area (Å²) in [5.74, 6) is 3.14. The molecule has 2 fully saturated rings. The van der Waals surface area contributed by atoms with E-state index in [-0.39, 0.29) is 0 Å². The molecule has 1 aromatic rings. The predicted molar refractivity (Wildman–Crippen MR) is 71.2 cm³/mol. The summed E-state index contributed by atoms with van der Waals surface area (Å²) in [4.78, 5) is 8.92. The molecule has 3 rings (SSSR count). The molecular formula is C13H21N5. The van der Waals surface area contributed by atoms with E-state index in [1.165, 1.54) is 12.8 Å². The zero-order valence-electron chi connectivity index (χ0n) is 11.0. The quantitative estimate of drug-likeness (QED) is 0.748. The highest BCUT2D eigenvalue weighted by atomic mass is 15.4. The minimum Gasteiger partial charge on any atom is -0.370 e. The molecule has 0 spiro atoms. The smallest absolute Gasteiger partial charge is 0.133 e. The Labute approximate surface area is 108 Å². The Morgan fingerprint density at radius 2 is 2.00 bits per heavy atom. The first-order valence-electron chi connectivity index (χ1n) is 6.82. The van der Waals surface area contributed by atoms with Crippen LogP contribution in [0.2, 0.25) is 0 Å². The summed E-state index contributed by atoms with van der Waals surface area (Å²) in [5.41, 5.74) is 6.54. The number of hydrogen-bond acceptors (Lipinski definition) is 5. The zero-order chi connectivity index (χ0) is 12.5. The summed E-state index contributed by atoms with van der Waals surface area (Å²) in [5, 5.41) is 3.44. The SMILES string of the molecule is CC1NNC(C)C1CNc1ccnc(C2CC2)n1. The molecule has 0 amide bonds. The van der Waals surface area contributed by atoms with E-state index < -0.39 is 0 Å². The lowest BCUT2D eigenvalue weighted by Crippen LogP contribution is -2.30. The van der Waals surface area contributed by atoms with Crippen LogP contribution in [0, 0.1) is 5.92 Å². The van der Waals surface area contributed by atoms with E-state index in [1.54, 1.807) is 0 Å². The average molecular weight is 247 g/mol. The van der Waals surface area contributed by atoms with E-state index in [1.807, 2.05) is 12.3 Å². The molecule has 1 saturated heterocycles. The van der Waals surface area contributed by atoms with Gasteiger partial charge >= 0.3 is 0 Å². The summed E-state index contributed by atoms with van der Waals surface area (Å²) < 4.78 is 0. The number of nitrogens with one attached hydrogen (secondary N) is 3.